The van der Waals surface area contributed by atoms with Gasteiger partial charge in [0.05, 0.1) is 30.0 Å². The summed E-state index contributed by atoms with van der Waals surface area (Å²) in [5.74, 6) is -1.68. The second kappa shape index (κ2) is 5.17. The van der Waals surface area contributed by atoms with Gasteiger partial charge in [0.15, 0.2) is 11.6 Å². The van der Waals surface area contributed by atoms with Crippen molar-refractivity contribution in [2.24, 2.45) is 0 Å². The number of nitrogens with zero attached hydrogens (tertiary/aromatic N) is 1. The van der Waals surface area contributed by atoms with Crippen molar-refractivity contribution in [2.45, 2.75) is 6.10 Å². The van der Waals surface area contributed by atoms with Gasteiger partial charge < -0.3 is 9.47 Å². The van der Waals surface area contributed by atoms with E-state index in [4.69, 9.17) is 9.47 Å². The predicted molar refractivity (Wildman–Crippen MR) is 79.2 cm³/mol. The molecule has 1 fully saturated rings. The highest BCUT2D eigenvalue weighted by molar-refractivity contribution is 6.34. The number of ether oxygens (including phenoxy) is 2. The predicted octanol–water partition coefficient (Wildman–Crippen LogP) is 2.40. The van der Waals surface area contributed by atoms with E-state index in [1.165, 1.54) is 18.2 Å². The number of anilines is 1. The molecule has 0 N–H and O–H groups in total. The van der Waals surface area contributed by atoms with Gasteiger partial charge in [-0.25, -0.2) is 9.29 Å². The summed E-state index contributed by atoms with van der Waals surface area (Å²) in [5, 5.41) is 0. The van der Waals surface area contributed by atoms with E-state index in [0.29, 0.717) is 24.3 Å². The number of carbonyl (C=O) groups is 2. The second-order valence-corrected chi connectivity index (χ2v) is 5.36. The van der Waals surface area contributed by atoms with Crippen molar-refractivity contribution in [1.29, 1.82) is 0 Å². The normalized spacial score (nSPS) is 17.2. The molecule has 1 saturated heterocycles. The van der Waals surface area contributed by atoms with Crippen molar-refractivity contribution in [1.82, 2.24) is 0 Å². The molecule has 4 rings (SSSR count). The van der Waals surface area contributed by atoms with Gasteiger partial charge >= 0.3 is 0 Å². The van der Waals surface area contributed by atoms with Crippen LogP contribution in [0.4, 0.5) is 10.1 Å². The first kappa shape index (κ1) is 13.9. The van der Waals surface area contributed by atoms with E-state index in [0.717, 1.165) is 4.90 Å². The lowest BCUT2D eigenvalue weighted by atomic mass is 10.1. The van der Waals surface area contributed by atoms with Gasteiger partial charge in [-0.05, 0) is 24.3 Å². The van der Waals surface area contributed by atoms with Crippen LogP contribution in [-0.4, -0.2) is 31.1 Å². The third-order valence-corrected chi connectivity index (χ3v) is 3.87. The fraction of sp³-hybridized carbons (Fsp3) is 0.176. The van der Waals surface area contributed by atoms with E-state index in [9.17, 15) is 14.0 Å². The molecule has 0 saturated carbocycles. The molecule has 5 nitrogen and oxygen atoms in total. The Kier molecular flexibility index (Phi) is 3.12. The molecule has 116 valence electrons. The van der Waals surface area contributed by atoms with Crippen LogP contribution in [0.2, 0.25) is 0 Å². The summed E-state index contributed by atoms with van der Waals surface area (Å²) in [5.41, 5.74) is 0.725. The first-order chi connectivity index (χ1) is 11.2. The number of carbonyl (C=O) groups excluding carboxylic acids is 2. The van der Waals surface area contributed by atoms with E-state index < -0.39 is 17.6 Å². The van der Waals surface area contributed by atoms with E-state index in [2.05, 4.69) is 0 Å². The number of hydrogen-bond acceptors (Lipinski definition) is 4. The Balaban J connectivity index is 1.78. The monoisotopic (exact) mass is 313 g/mol. The maximum absolute atomic E-state index is 14.2. The Labute approximate surface area is 131 Å². The molecule has 0 bridgehead atoms. The number of benzene rings is 2. The van der Waals surface area contributed by atoms with Gasteiger partial charge in [0.2, 0.25) is 0 Å². The molecule has 2 aliphatic rings. The van der Waals surface area contributed by atoms with E-state index in [1.807, 2.05) is 0 Å². The minimum absolute atomic E-state index is 0.102. The van der Waals surface area contributed by atoms with Crippen molar-refractivity contribution < 1.29 is 23.5 Å². The van der Waals surface area contributed by atoms with E-state index in [-0.39, 0.29) is 17.5 Å². The Bertz CT molecular complexity index is 781. The maximum Gasteiger partial charge on any atom is 0.266 e. The van der Waals surface area contributed by atoms with Gasteiger partial charge in [0.1, 0.15) is 6.10 Å². The van der Waals surface area contributed by atoms with Crippen LogP contribution in [-0.2, 0) is 4.74 Å². The smallest absolute Gasteiger partial charge is 0.266 e. The van der Waals surface area contributed by atoms with Gasteiger partial charge in [-0.1, -0.05) is 18.2 Å². The van der Waals surface area contributed by atoms with Gasteiger partial charge in [0, 0.05) is 0 Å². The van der Waals surface area contributed by atoms with Crippen LogP contribution in [0.5, 0.6) is 5.75 Å². The van der Waals surface area contributed by atoms with Crippen molar-refractivity contribution >= 4 is 17.5 Å². The van der Waals surface area contributed by atoms with Gasteiger partial charge in [0.25, 0.3) is 11.8 Å². The van der Waals surface area contributed by atoms with Crippen molar-refractivity contribution in [2.75, 3.05) is 18.1 Å². The summed E-state index contributed by atoms with van der Waals surface area (Å²) in [7, 11) is 0. The van der Waals surface area contributed by atoms with Crippen LogP contribution in [0.3, 0.4) is 0 Å². The fourth-order valence-electron chi connectivity index (χ4n) is 2.65. The zero-order chi connectivity index (χ0) is 16.0. The van der Waals surface area contributed by atoms with Gasteiger partial charge in [-0.15, -0.1) is 0 Å². The van der Waals surface area contributed by atoms with E-state index >= 15 is 0 Å². The molecule has 23 heavy (non-hydrogen) atoms. The molecule has 0 aromatic heterocycles. The number of halogens is 1. The highest BCUT2D eigenvalue weighted by Gasteiger charge is 2.38. The van der Waals surface area contributed by atoms with Crippen LogP contribution in [0.15, 0.2) is 42.5 Å². The maximum atomic E-state index is 14.2. The number of para-hydroxylation sites is 1. The SMILES string of the molecule is O=C1c2ccccc2C(=O)N1c1cccc(F)c1OC1COC1. The summed E-state index contributed by atoms with van der Waals surface area (Å²) in [4.78, 5) is 26.0. The third-order valence-electron chi connectivity index (χ3n) is 3.87. The molecule has 6 heteroatoms. The molecule has 2 aliphatic heterocycles. The molecule has 2 heterocycles. The molecule has 2 amide bonds. The van der Waals surface area contributed by atoms with Crippen molar-refractivity contribution in [3.05, 3.63) is 59.4 Å². The molecule has 0 spiro atoms. The standard InChI is InChI=1S/C17H12FNO4/c18-13-6-3-7-14(15(13)23-10-8-22-9-10)19-16(20)11-4-1-2-5-12(11)17(19)21/h1-7,10H,8-9H2. The number of imide groups is 1. The minimum Gasteiger partial charge on any atom is -0.480 e. The molecule has 2 aromatic rings. The number of amides is 2. The lowest BCUT2D eigenvalue weighted by molar-refractivity contribution is -0.0806. The Morgan fingerprint density at radius 2 is 1.65 bits per heavy atom. The van der Waals surface area contributed by atoms with Crippen LogP contribution < -0.4 is 9.64 Å². The van der Waals surface area contributed by atoms with Crippen molar-refractivity contribution in [3.63, 3.8) is 0 Å². The molecular weight excluding hydrogens is 301 g/mol. The largest absolute Gasteiger partial charge is 0.480 e. The molecule has 2 aromatic carbocycles. The molecule has 0 atom stereocenters. The summed E-state index contributed by atoms with van der Waals surface area (Å²) >= 11 is 0. The van der Waals surface area contributed by atoms with Crippen molar-refractivity contribution in [3.8, 4) is 5.75 Å². The van der Waals surface area contributed by atoms with Crippen LogP contribution in [0.1, 0.15) is 20.7 Å². The quantitative estimate of drug-likeness (QED) is 0.817. The summed E-state index contributed by atoms with van der Waals surface area (Å²) < 4.78 is 24.8. The van der Waals surface area contributed by atoms with Gasteiger partial charge in [-0.3, -0.25) is 9.59 Å². The average molecular weight is 313 g/mol. The summed E-state index contributed by atoms with van der Waals surface area (Å²) in [6.07, 6.45) is -0.277. The summed E-state index contributed by atoms with van der Waals surface area (Å²) in [6, 6.07) is 10.7. The third kappa shape index (κ3) is 2.10. The second-order valence-electron chi connectivity index (χ2n) is 5.36. The fourth-order valence-corrected chi connectivity index (χ4v) is 2.65. The Morgan fingerprint density at radius 1 is 1.00 bits per heavy atom. The average Bonchev–Trinajstić information content (AvgIpc) is 2.76. The topological polar surface area (TPSA) is 55.8 Å². The number of fused-ring (bicyclic) bond motifs is 1. The lowest BCUT2D eigenvalue weighted by Crippen LogP contribution is -2.39. The zero-order valence-corrected chi connectivity index (χ0v) is 12.0. The molecule has 0 unspecified atom stereocenters. The van der Waals surface area contributed by atoms with Gasteiger partial charge in [-0.2, -0.15) is 0 Å². The van der Waals surface area contributed by atoms with E-state index in [1.54, 1.807) is 24.3 Å². The van der Waals surface area contributed by atoms with Crippen LogP contribution in [0, 0.1) is 5.82 Å². The molecule has 0 aliphatic carbocycles. The number of hydrogen-bond donors (Lipinski definition) is 0. The molecular formula is C17H12FNO4. The van der Waals surface area contributed by atoms with Crippen LogP contribution in [0.25, 0.3) is 0 Å². The first-order valence-electron chi connectivity index (χ1n) is 7.17. The minimum atomic E-state index is -0.619. The Morgan fingerprint density at radius 3 is 2.22 bits per heavy atom. The highest BCUT2D eigenvalue weighted by atomic mass is 19.1. The lowest BCUT2D eigenvalue weighted by Gasteiger charge is -2.28. The summed E-state index contributed by atoms with van der Waals surface area (Å²) in [6.45, 7) is 0.714. The molecule has 0 radical (unpaired) electrons. The van der Waals surface area contributed by atoms with Crippen LogP contribution >= 0.6 is 0 Å². The number of rotatable bonds is 3. The first-order valence-corrected chi connectivity index (χ1v) is 7.17. The zero-order valence-electron chi connectivity index (χ0n) is 12.0. The Hall–Kier alpha value is -2.73. The highest BCUT2D eigenvalue weighted by Crippen LogP contribution is 2.37.